The van der Waals surface area contributed by atoms with Gasteiger partial charge in [-0.15, -0.1) is 0 Å². The molecule has 4 nitrogen and oxygen atoms in total. The summed E-state index contributed by atoms with van der Waals surface area (Å²) in [6, 6.07) is 20.7. The van der Waals surface area contributed by atoms with Gasteiger partial charge in [0.05, 0.1) is 0 Å². The molecule has 2 aliphatic rings. The molecule has 0 aliphatic carbocycles. The number of anilines is 2. The van der Waals surface area contributed by atoms with Crippen LogP contribution in [0.5, 0.6) is 0 Å². The molecule has 2 atom stereocenters. The Morgan fingerprint density at radius 3 is 2.13 bits per heavy atom. The molecule has 2 unspecified atom stereocenters. The first-order valence-electron chi connectivity index (χ1n) is 11.6. The van der Waals surface area contributed by atoms with Crippen LogP contribution in [0.15, 0.2) is 66.7 Å². The predicted molar refractivity (Wildman–Crippen MR) is 129 cm³/mol. The topological polar surface area (TPSA) is 26.8 Å². The van der Waals surface area contributed by atoms with Crippen LogP contribution < -0.4 is 4.90 Å². The third-order valence-corrected chi connectivity index (χ3v) is 7.00. The van der Waals surface area contributed by atoms with E-state index in [1.165, 1.54) is 37.1 Å². The summed E-state index contributed by atoms with van der Waals surface area (Å²) >= 11 is 0. The Labute approximate surface area is 187 Å². The van der Waals surface area contributed by atoms with Gasteiger partial charge in [-0.3, -0.25) is 4.79 Å². The molecule has 2 bridgehead atoms. The van der Waals surface area contributed by atoms with Gasteiger partial charge >= 0.3 is 0 Å². The smallest absolute Gasteiger partial charge is 0.254 e. The molecule has 164 valence electrons. The molecule has 2 aromatic carbocycles. The SMILES string of the molecule is C=C(C)CN(CC)C(=O)c1ccc(N(c2ccccc2)C2CC3CCC(C2)N3C)cc1. The summed E-state index contributed by atoms with van der Waals surface area (Å²) < 4.78 is 0. The van der Waals surface area contributed by atoms with Crippen molar-refractivity contribution in [3.05, 3.63) is 72.3 Å². The molecular weight excluding hydrogens is 382 g/mol. The lowest BCUT2D eigenvalue weighted by molar-refractivity contribution is 0.0778. The van der Waals surface area contributed by atoms with Gasteiger partial charge in [-0.25, -0.2) is 0 Å². The second-order valence-electron chi connectivity index (χ2n) is 9.20. The van der Waals surface area contributed by atoms with Crippen molar-refractivity contribution in [2.24, 2.45) is 0 Å². The maximum absolute atomic E-state index is 13.0. The molecule has 1 amide bonds. The van der Waals surface area contributed by atoms with Crippen molar-refractivity contribution in [1.29, 1.82) is 0 Å². The Kier molecular flexibility index (Phi) is 6.47. The number of fused-ring (bicyclic) bond motifs is 2. The summed E-state index contributed by atoms with van der Waals surface area (Å²) in [7, 11) is 2.29. The van der Waals surface area contributed by atoms with Crippen molar-refractivity contribution in [3.63, 3.8) is 0 Å². The summed E-state index contributed by atoms with van der Waals surface area (Å²) in [5.41, 5.74) is 4.13. The first-order chi connectivity index (χ1) is 15.0. The summed E-state index contributed by atoms with van der Waals surface area (Å²) in [6.07, 6.45) is 4.99. The van der Waals surface area contributed by atoms with Crippen LogP contribution in [0.3, 0.4) is 0 Å². The van der Waals surface area contributed by atoms with Gasteiger partial charge in [-0.2, -0.15) is 0 Å². The fourth-order valence-corrected chi connectivity index (χ4v) is 5.35. The Hall–Kier alpha value is -2.59. The zero-order chi connectivity index (χ0) is 22.0. The first kappa shape index (κ1) is 21.6. The maximum atomic E-state index is 13.0. The van der Waals surface area contributed by atoms with Gasteiger partial charge < -0.3 is 14.7 Å². The van der Waals surface area contributed by atoms with Crippen LogP contribution >= 0.6 is 0 Å². The zero-order valence-electron chi connectivity index (χ0n) is 19.1. The van der Waals surface area contributed by atoms with E-state index in [4.69, 9.17) is 0 Å². The number of benzene rings is 2. The third-order valence-electron chi connectivity index (χ3n) is 7.00. The number of amides is 1. The summed E-state index contributed by atoms with van der Waals surface area (Å²) in [6.45, 7) is 9.22. The Morgan fingerprint density at radius 1 is 1.00 bits per heavy atom. The van der Waals surface area contributed by atoms with Gasteiger partial charge in [-0.1, -0.05) is 30.4 Å². The maximum Gasteiger partial charge on any atom is 0.254 e. The minimum absolute atomic E-state index is 0.0700. The third kappa shape index (κ3) is 4.54. The number of piperidine rings is 1. The van der Waals surface area contributed by atoms with Crippen LogP contribution in [0.4, 0.5) is 11.4 Å². The predicted octanol–water partition coefficient (Wildman–Crippen LogP) is 5.49. The number of nitrogens with zero attached hydrogens (tertiary/aromatic N) is 3. The van der Waals surface area contributed by atoms with Gasteiger partial charge in [0.1, 0.15) is 0 Å². The molecule has 0 saturated carbocycles. The number of hydrogen-bond acceptors (Lipinski definition) is 3. The highest BCUT2D eigenvalue weighted by molar-refractivity contribution is 5.94. The molecule has 0 radical (unpaired) electrons. The average Bonchev–Trinajstić information content (AvgIpc) is 2.98. The van der Waals surface area contributed by atoms with Crippen LogP contribution in [0.1, 0.15) is 49.9 Å². The zero-order valence-corrected chi connectivity index (χ0v) is 19.1. The van der Waals surface area contributed by atoms with E-state index in [1.54, 1.807) is 0 Å². The van der Waals surface area contributed by atoms with Gasteiger partial charge in [0.25, 0.3) is 5.91 Å². The average molecular weight is 418 g/mol. The van der Waals surface area contributed by atoms with Crippen molar-refractivity contribution < 1.29 is 4.79 Å². The fourth-order valence-electron chi connectivity index (χ4n) is 5.35. The van der Waals surface area contributed by atoms with Crippen LogP contribution in [0.25, 0.3) is 0 Å². The minimum atomic E-state index is 0.0700. The van der Waals surface area contributed by atoms with Gasteiger partial charge in [0.2, 0.25) is 0 Å². The highest BCUT2D eigenvalue weighted by atomic mass is 16.2. The second-order valence-corrected chi connectivity index (χ2v) is 9.20. The largest absolute Gasteiger partial charge is 0.338 e. The van der Waals surface area contributed by atoms with Gasteiger partial charge in [-0.05, 0) is 83.0 Å². The normalized spacial score (nSPS) is 22.9. The molecule has 2 fully saturated rings. The minimum Gasteiger partial charge on any atom is -0.338 e. The van der Waals surface area contributed by atoms with E-state index in [-0.39, 0.29) is 5.91 Å². The molecule has 0 spiro atoms. The van der Waals surface area contributed by atoms with Crippen LogP contribution in [0, 0.1) is 0 Å². The molecule has 2 saturated heterocycles. The lowest BCUT2D eigenvalue weighted by atomic mass is 9.95. The number of hydrogen-bond donors (Lipinski definition) is 0. The quantitative estimate of drug-likeness (QED) is 0.558. The summed E-state index contributed by atoms with van der Waals surface area (Å²) in [5.74, 6) is 0.0700. The van der Waals surface area contributed by atoms with E-state index in [2.05, 4.69) is 65.9 Å². The number of likely N-dealkylation sites (N-methyl/N-ethyl adjacent to an activating group) is 1. The van der Waals surface area contributed by atoms with Crippen molar-refractivity contribution >= 4 is 17.3 Å². The monoisotopic (exact) mass is 417 g/mol. The van der Waals surface area contributed by atoms with Crippen molar-refractivity contribution in [2.45, 2.75) is 57.7 Å². The summed E-state index contributed by atoms with van der Waals surface area (Å²) in [5, 5.41) is 0. The van der Waals surface area contributed by atoms with E-state index >= 15 is 0 Å². The number of rotatable bonds is 7. The highest BCUT2D eigenvalue weighted by Crippen LogP contribution is 2.40. The van der Waals surface area contributed by atoms with Crippen molar-refractivity contribution in [2.75, 3.05) is 25.0 Å². The Morgan fingerprint density at radius 2 is 1.58 bits per heavy atom. The van der Waals surface area contributed by atoms with Gasteiger partial charge in [0.15, 0.2) is 0 Å². The van der Waals surface area contributed by atoms with E-state index in [9.17, 15) is 4.79 Å². The van der Waals surface area contributed by atoms with Crippen molar-refractivity contribution in [3.8, 4) is 0 Å². The van der Waals surface area contributed by atoms with E-state index in [1.807, 2.05) is 30.9 Å². The molecule has 2 aliphatic heterocycles. The highest BCUT2D eigenvalue weighted by Gasteiger charge is 2.40. The second kappa shape index (κ2) is 9.27. The van der Waals surface area contributed by atoms with Crippen molar-refractivity contribution in [1.82, 2.24) is 9.80 Å². The fraction of sp³-hybridized carbons (Fsp3) is 0.444. The molecule has 4 rings (SSSR count). The van der Waals surface area contributed by atoms with E-state index < -0.39 is 0 Å². The van der Waals surface area contributed by atoms with E-state index in [0.717, 1.165) is 11.1 Å². The van der Waals surface area contributed by atoms with Crippen LogP contribution in [-0.2, 0) is 0 Å². The summed E-state index contributed by atoms with van der Waals surface area (Å²) in [4.78, 5) is 19.9. The molecule has 4 heteroatoms. The van der Waals surface area contributed by atoms with Crippen LogP contribution in [-0.4, -0.2) is 54.0 Å². The molecule has 0 aromatic heterocycles. The number of carbonyl (C=O) groups is 1. The Balaban J connectivity index is 1.60. The standard InChI is InChI=1S/C27H35N3O/c1-5-29(19-20(2)3)27(31)21-11-13-23(14-12-21)30(22-9-7-6-8-10-22)26-17-24-15-16-25(18-26)28(24)4/h6-14,24-26H,2,5,15-19H2,1,3-4H3. The van der Waals surface area contributed by atoms with Crippen LogP contribution in [0.2, 0.25) is 0 Å². The molecule has 0 N–H and O–H groups in total. The van der Waals surface area contributed by atoms with Gasteiger partial charge in [0, 0.05) is 48.2 Å². The first-order valence-corrected chi connectivity index (χ1v) is 11.6. The molecular formula is C27H35N3O. The molecule has 2 aromatic rings. The molecule has 2 heterocycles. The number of para-hydroxylation sites is 1. The lowest BCUT2D eigenvalue weighted by Crippen LogP contribution is -2.47. The van der Waals surface area contributed by atoms with E-state index in [0.29, 0.717) is 31.2 Å². The molecule has 31 heavy (non-hydrogen) atoms. The number of carbonyl (C=O) groups excluding carboxylic acids is 1. The Bertz CT molecular complexity index is 894. The lowest BCUT2D eigenvalue weighted by Gasteiger charge is -2.43.